The number of halogens is 1. The standard InChI is InChI=1S/C27H25IO/c1-21-12-14-23(15-13-21)24-16-18-25(19-17-24)27(28-26-10-6-3-7-11-26)29-20-22-8-4-2-5-9-22/h2-12,14-19,21H,13,20H2,1H3. The quantitative estimate of drug-likeness (QED) is 0.331. The van der Waals surface area contributed by atoms with Crippen molar-refractivity contribution in [3.8, 4) is 0 Å². The van der Waals surface area contributed by atoms with Crippen molar-refractivity contribution in [2.45, 2.75) is 20.0 Å². The Hall–Kier alpha value is -2.30. The lowest BCUT2D eigenvalue weighted by molar-refractivity contribution is 0.303. The molecule has 0 fully saturated rings. The predicted octanol–water partition coefficient (Wildman–Crippen LogP) is 7.20. The molecule has 146 valence electrons. The van der Waals surface area contributed by atoms with E-state index >= 15 is 0 Å². The average molecular weight is 492 g/mol. The fourth-order valence-corrected chi connectivity index (χ4v) is 5.52. The van der Waals surface area contributed by atoms with Crippen LogP contribution in [0.1, 0.15) is 30.0 Å². The van der Waals surface area contributed by atoms with E-state index < -0.39 is 0 Å². The molecule has 0 radical (unpaired) electrons. The number of hydrogen-bond donors (Lipinski definition) is 0. The van der Waals surface area contributed by atoms with Gasteiger partial charge in [-0.05, 0) is 41.2 Å². The highest BCUT2D eigenvalue weighted by molar-refractivity contribution is 14.2. The van der Waals surface area contributed by atoms with Crippen molar-refractivity contribution in [3.63, 3.8) is 0 Å². The van der Waals surface area contributed by atoms with Gasteiger partial charge in [-0.2, -0.15) is 0 Å². The van der Waals surface area contributed by atoms with Gasteiger partial charge in [-0.25, -0.2) is 0 Å². The van der Waals surface area contributed by atoms with Crippen LogP contribution in [0.25, 0.3) is 5.57 Å². The van der Waals surface area contributed by atoms with Crippen molar-refractivity contribution in [2.75, 3.05) is 0 Å². The summed E-state index contributed by atoms with van der Waals surface area (Å²) < 4.78 is 8.84. The zero-order valence-electron chi connectivity index (χ0n) is 16.6. The van der Waals surface area contributed by atoms with Crippen molar-refractivity contribution in [1.29, 1.82) is 0 Å². The van der Waals surface area contributed by atoms with Crippen molar-refractivity contribution < 1.29 is 4.74 Å². The van der Waals surface area contributed by atoms with E-state index in [0.29, 0.717) is 12.5 Å². The van der Waals surface area contributed by atoms with E-state index in [4.69, 9.17) is 4.74 Å². The molecule has 4 rings (SSSR count). The van der Waals surface area contributed by atoms with Crippen molar-refractivity contribution in [2.24, 2.45) is 5.92 Å². The monoisotopic (exact) mass is 492 g/mol. The Balaban J connectivity index is 1.58. The maximum Gasteiger partial charge on any atom is 0.115 e. The van der Waals surface area contributed by atoms with Gasteiger partial charge in [-0.3, -0.25) is 0 Å². The molecule has 1 atom stereocenters. The predicted molar refractivity (Wildman–Crippen MR) is 132 cm³/mol. The zero-order chi connectivity index (χ0) is 19.9. The minimum atomic E-state index is -0.382. The number of benzene rings is 3. The number of hydrogen-bond acceptors (Lipinski definition) is 1. The second-order valence-electron chi connectivity index (χ2n) is 7.25. The minimum absolute atomic E-state index is 0.382. The Morgan fingerprint density at radius 2 is 1.59 bits per heavy atom. The zero-order valence-corrected chi connectivity index (χ0v) is 18.8. The molecule has 0 aliphatic heterocycles. The van der Waals surface area contributed by atoms with E-state index in [1.807, 2.05) is 6.07 Å². The molecule has 1 aliphatic rings. The van der Waals surface area contributed by atoms with Gasteiger partial charge in [0.15, 0.2) is 0 Å². The van der Waals surface area contributed by atoms with Crippen molar-refractivity contribution >= 4 is 30.0 Å². The summed E-state index contributed by atoms with van der Waals surface area (Å²) in [5, 5.41) is 0. The van der Waals surface area contributed by atoms with Gasteiger partial charge in [-0.15, -0.1) is 0 Å². The third-order valence-electron chi connectivity index (χ3n) is 4.90. The molecular formula is C27H25IO. The summed E-state index contributed by atoms with van der Waals surface area (Å²) >= 11 is -0.382. The molecular weight excluding hydrogens is 467 g/mol. The first kappa shape index (κ1) is 20.0. The maximum absolute atomic E-state index is 6.35. The summed E-state index contributed by atoms with van der Waals surface area (Å²) in [6.45, 7) is 2.86. The molecule has 0 amide bonds. The molecule has 0 saturated heterocycles. The summed E-state index contributed by atoms with van der Waals surface area (Å²) in [5.41, 5.74) is 4.98. The van der Waals surface area contributed by atoms with Crippen LogP contribution in [0.3, 0.4) is 0 Å². The lowest BCUT2D eigenvalue weighted by Gasteiger charge is -2.13. The van der Waals surface area contributed by atoms with Gasteiger partial charge < -0.3 is 4.74 Å². The number of ether oxygens (including phenoxy) is 1. The van der Waals surface area contributed by atoms with Gasteiger partial charge in [0.2, 0.25) is 0 Å². The Morgan fingerprint density at radius 3 is 2.24 bits per heavy atom. The number of rotatable bonds is 6. The molecule has 3 aromatic rings. The van der Waals surface area contributed by atoms with E-state index in [9.17, 15) is 0 Å². The van der Waals surface area contributed by atoms with Gasteiger partial charge in [-0.1, -0.05) is 119 Å². The summed E-state index contributed by atoms with van der Waals surface area (Å²) in [4.78, 5) is 0. The Labute approximate surface area is 183 Å². The molecule has 0 aromatic heterocycles. The third-order valence-corrected chi connectivity index (χ3v) is 7.66. The fraction of sp³-hybridized carbons (Fsp3) is 0.148. The Kier molecular flexibility index (Phi) is 6.86. The molecule has 2 heteroatoms. The van der Waals surface area contributed by atoms with Crippen molar-refractivity contribution in [3.05, 3.63) is 123 Å². The van der Waals surface area contributed by atoms with Crippen LogP contribution in [-0.2, 0) is 11.3 Å². The molecule has 0 spiro atoms. The highest BCUT2D eigenvalue weighted by atomic mass is 127. The second-order valence-corrected chi connectivity index (χ2v) is 10.0. The molecule has 0 saturated carbocycles. The molecule has 0 bridgehead atoms. The molecule has 0 N–H and O–H groups in total. The topological polar surface area (TPSA) is 9.23 Å². The first-order valence-corrected chi connectivity index (χ1v) is 12.2. The SMILES string of the molecule is CC1C=CC(c2ccc(C(OCc3ccccc3)=Ic3ccccc3)cc2)=CC1. The van der Waals surface area contributed by atoms with Gasteiger partial charge in [0.25, 0.3) is 0 Å². The minimum Gasteiger partial charge on any atom is -0.335 e. The van der Waals surface area contributed by atoms with Crippen LogP contribution in [0.5, 0.6) is 0 Å². The van der Waals surface area contributed by atoms with Crippen LogP contribution < -0.4 is 0 Å². The summed E-state index contributed by atoms with van der Waals surface area (Å²) in [7, 11) is 0. The van der Waals surface area contributed by atoms with E-state index in [2.05, 4.69) is 104 Å². The summed E-state index contributed by atoms with van der Waals surface area (Å²) in [6, 6.07) is 30.0. The number of allylic oxidation sites excluding steroid dienone is 4. The van der Waals surface area contributed by atoms with Crippen LogP contribution >= 0.6 is 20.7 Å². The Bertz CT molecular complexity index is 1020. The fourth-order valence-electron chi connectivity index (χ4n) is 3.20. The van der Waals surface area contributed by atoms with Crippen LogP contribution in [0.15, 0.2) is 103 Å². The van der Waals surface area contributed by atoms with Gasteiger partial charge in [0.05, 0.1) is 6.61 Å². The first-order chi connectivity index (χ1) is 14.3. The molecule has 1 unspecified atom stereocenters. The van der Waals surface area contributed by atoms with Crippen LogP contribution in [-0.4, -0.2) is 3.69 Å². The van der Waals surface area contributed by atoms with Gasteiger partial charge >= 0.3 is 0 Å². The summed E-state index contributed by atoms with van der Waals surface area (Å²) in [5.74, 6) is 0.639. The van der Waals surface area contributed by atoms with Gasteiger partial charge in [0, 0.05) is 9.13 Å². The average Bonchev–Trinajstić information content (AvgIpc) is 2.79. The van der Waals surface area contributed by atoms with E-state index in [1.165, 1.54) is 25.8 Å². The highest BCUT2D eigenvalue weighted by Gasteiger charge is 2.09. The first-order valence-electron chi connectivity index (χ1n) is 10.0. The summed E-state index contributed by atoms with van der Waals surface area (Å²) in [6.07, 6.45) is 8.00. The van der Waals surface area contributed by atoms with E-state index in [1.54, 1.807) is 0 Å². The maximum atomic E-state index is 6.35. The molecule has 1 aliphatic carbocycles. The van der Waals surface area contributed by atoms with Crippen molar-refractivity contribution in [1.82, 2.24) is 0 Å². The third kappa shape index (κ3) is 5.62. The lowest BCUT2D eigenvalue weighted by Crippen LogP contribution is -2.05. The smallest absolute Gasteiger partial charge is 0.115 e. The molecule has 29 heavy (non-hydrogen) atoms. The molecule has 1 nitrogen and oxygen atoms in total. The second kappa shape index (κ2) is 9.95. The van der Waals surface area contributed by atoms with Crippen LogP contribution in [0, 0.1) is 9.49 Å². The van der Waals surface area contributed by atoms with Crippen LogP contribution in [0.4, 0.5) is 0 Å². The van der Waals surface area contributed by atoms with Crippen LogP contribution in [0.2, 0.25) is 0 Å². The lowest BCUT2D eigenvalue weighted by atomic mass is 9.94. The van der Waals surface area contributed by atoms with E-state index in [0.717, 1.165) is 10.1 Å². The molecule has 3 aromatic carbocycles. The highest BCUT2D eigenvalue weighted by Crippen LogP contribution is 2.26. The largest absolute Gasteiger partial charge is 0.335 e. The Morgan fingerprint density at radius 1 is 0.897 bits per heavy atom. The normalized spacial score (nSPS) is 16.8. The molecule has 0 heterocycles. The van der Waals surface area contributed by atoms with E-state index in [-0.39, 0.29) is 20.7 Å². The van der Waals surface area contributed by atoms with Gasteiger partial charge in [0.1, 0.15) is 3.69 Å².